The molecule has 1 fully saturated rings. The van der Waals surface area contributed by atoms with Crippen LogP contribution in [0.15, 0.2) is 35.2 Å². The van der Waals surface area contributed by atoms with Gasteiger partial charge in [0.15, 0.2) is 0 Å². The minimum absolute atomic E-state index is 0.125. The quantitative estimate of drug-likeness (QED) is 0.937. The fraction of sp³-hybridized carbons (Fsp3) is 0.333. The third-order valence-electron chi connectivity index (χ3n) is 3.54. The van der Waals surface area contributed by atoms with Gasteiger partial charge in [-0.25, -0.2) is 4.98 Å². The van der Waals surface area contributed by atoms with Gasteiger partial charge in [0.05, 0.1) is 28.6 Å². The number of para-hydroxylation sites is 2. The Labute approximate surface area is 122 Å². The maximum Gasteiger partial charge on any atom is 0.227 e. The van der Waals surface area contributed by atoms with E-state index >= 15 is 0 Å². The van der Waals surface area contributed by atoms with E-state index in [2.05, 4.69) is 17.2 Å². The Hall–Kier alpha value is -1.88. The van der Waals surface area contributed by atoms with Gasteiger partial charge in [0.1, 0.15) is 0 Å². The molecular weight excluding hydrogens is 270 g/mol. The first-order chi connectivity index (χ1) is 9.75. The van der Waals surface area contributed by atoms with E-state index in [0.29, 0.717) is 6.42 Å². The number of nitrogens with zero attached hydrogens (tertiary/aromatic N) is 2. The molecule has 0 saturated carbocycles. The molecule has 5 heteroatoms. The Kier molecular flexibility index (Phi) is 3.69. The smallest absolute Gasteiger partial charge is 0.227 e. The summed E-state index contributed by atoms with van der Waals surface area (Å²) in [6, 6.07) is 8.10. The lowest BCUT2D eigenvalue weighted by Gasteiger charge is -2.22. The minimum Gasteiger partial charge on any atom is -0.375 e. The molecule has 3 rings (SSSR count). The summed E-state index contributed by atoms with van der Waals surface area (Å²) in [4.78, 5) is 18.1. The molecule has 0 radical (unpaired) electrons. The molecule has 0 bridgehead atoms. The van der Waals surface area contributed by atoms with E-state index in [0.717, 1.165) is 30.0 Å². The summed E-state index contributed by atoms with van der Waals surface area (Å²) in [7, 11) is 0. The number of hydrogen-bond acceptors (Lipinski definition) is 4. The number of benzene rings is 1. The summed E-state index contributed by atoms with van der Waals surface area (Å²) in [6.07, 6.45) is 1.59. The molecular formula is C15H17N3OS. The normalized spacial score (nSPS) is 16.4. The lowest BCUT2D eigenvalue weighted by atomic mass is 10.2. The van der Waals surface area contributed by atoms with E-state index in [4.69, 9.17) is 0 Å². The number of carbonyl (C=O) groups excluding carboxylic acids is 1. The van der Waals surface area contributed by atoms with Gasteiger partial charge in [-0.2, -0.15) is 0 Å². The summed E-state index contributed by atoms with van der Waals surface area (Å²) in [5, 5.41) is 5.50. The third-order valence-corrected chi connectivity index (χ3v) is 4.14. The monoisotopic (exact) mass is 287 g/mol. The third kappa shape index (κ3) is 2.54. The highest BCUT2D eigenvalue weighted by Gasteiger charge is 2.24. The van der Waals surface area contributed by atoms with E-state index in [1.165, 1.54) is 0 Å². The Bertz CT molecular complexity index is 597. The second-order valence-corrected chi connectivity index (χ2v) is 5.66. The van der Waals surface area contributed by atoms with Crippen molar-refractivity contribution < 1.29 is 4.79 Å². The average Bonchev–Trinajstić information content (AvgIpc) is 3.10. The molecule has 0 aliphatic carbocycles. The van der Waals surface area contributed by atoms with Crippen molar-refractivity contribution in [1.82, 2.24) is 4.98 Å². The number of rotatable bonds is 4. The van der Waals surface area contributed by atoms with Gasteiger partial charge in [0.25, 0.3) is 0 Å². The first-order valence-corrected chi connectivity index (χ1v) is 7.74. The fourth-order valence-electron chi connectivity index (χ4n) is 2.48. The lowest BCUT2D eigenvalue weighted by molar-refractivity contribution is -0.117. The first kappa shape index (κ1) is 13.1. The van der Waals surface area contributed by atoms with Gasteiger partial charge in [-0.05, 0) is 25.5 Å². The SMILES string of the molecule is CC(Nc1ccccc1N1CCCC1=O)c1cscn1. The van der Waals surface area contributed by atoms with Crippen LogP contribution in [0.4, 0.5) is 11.4 Å². The molecule has 4 nitrogen and oxygen atoms in total. The van der Waals surface area contributed by atoms with Crippen LogP contribution in [0.2, 0.25) is 0 Å². The molecule has 1 aromatic carbocycles. The number of anilines is 2. The Morgan fingerprint density at radius 2 is 2.25 bits per heavy atom. The largest absolute Gasteiger partial charge is 0.375 e. The van der Waals surface area contributed by atoms with Gasteiger partial charge in [-0.15, -0.1) is 11.3 Å². The van der Waals surface area contributed by atoms with Crippen LogP contribution in [0.1, 0.15) is 31.5 Å². The first-order valence-electron chi connectivity index (χ1n) is 6.80. The molecule has 2 aromatic rings. The van der Waals surface area contributed by atoms with Crippen LogP contribution in [0.25, 0.3) is 0 Å². The maximum absolute atomic E-state index is 11.9. The molecule has 1 unspecified atom stereocenters. The van der Waals surface area contributed by atoms with E-state index in [-0.39, 0.29) is 11.9 Å². The van der Waals surface area contributed by atoms with Gasteiger partial charge < -0.3 is 10.2 Å². The van der Waals surface area contributed by atoms with E-state index in [1.807, 2.05) is 40.1 Å². The molecule has 104 valence electrons. The molecule has 1 saturated heterocycles. The topological polar surface area (TPSA) is 45.2 Å². The fourth-order valence-corrected chi connectivity index (χ4v) is 3.12. The Morgan fingerprint density at radius 1 is 1.40 bits per heavy atom. The lowest BCUT2D eigenvalue weighted by Crippen LogP contribution is -2.25. The van der Waals surface area contributed by atoms with Crippen LogP contribution in [0.5, 0.6) is 0 Å². The summed E-state index contributed by atoms with van der Waals surface area (Å²) in [6.45, 7) is 2.89. The molecule has 1 aromatic heterocycles. The van der Waals surface area contributed by atoms with Crippen molar-refractivity contribution in [1.29, 1.82) is 0 Å². The zero-order chi connectivity index (χ0) is 13.9. The van der Waals surface area contributed by atoms with Crippen molar-refractivity contribution in [3.63, 3.8) is 0 Å². The van der Waals surface area contributed by atoms with Gasteiger partial charge in [-0.3, -0.25) is 4.79 Å². The second-order valence-electron chi connectivity index (χ2n) is 4.95. The van der Waals surface area contributed by atoms with Crippen LogP contribution in [0.3, 0.4) is 0 Å². The van der Waals surface area contributed by atoms with Crippen molar-refractivity contribution in [3.8, 4) is 0 Å². The zero-order valence-corrected chi connectivity index (χ0v) is 12.2. The Balaban J connectivity index is 1.84. The highest BCUT2D eigenvalue weighted by atomic mass is 32.1. The molecule has 1 amide bonds. The molecule has 20 heavy (non-hydrogen) atoms. The summed E-state index contributed by atoms with van der Waals surface area (Å²) >= 11 is 1.59. The van der Waals surface area contributed by atoms with E-state index in [9.17, 15) is 4.79 Å². The van der Waals surface area contributed by atoms with Crippen LogP contribution < -0.4 is 10.2 Å². The molecule has 1 aliphatic rings. The number of aromatic nitrogens is 1. The Morgan fingerprint density at radius 3 is 2.95 bits per heavy atom. The van der Waals surface area contributed by atoms with Crippen molar-refractivity contribution in [2.24, 2.45) is 0 Å². The predicted molar refractivity (Wildman–Crippen MR) is 82.2 cm³/mol. The highest BCUT2D eigenvalue weighted by molar-refractivity contribution is 7.07. The number of amides is 1. The number of thiazole rings is 1. The van der Waals surface area contributed by atoms with E-state index in [1.54, 1.807) is 11.3 Å². The van der Waals surface area contributed by atoms with Crippen molar-refractivity contribution in [3.05, 3.63) is 40.8 Å². The standard InChI is InChI=1S/C15H17N3OS/c1-11(13-9-20-10-16-13)17-12-5-2-3-6-14(12)18-8-4-7-15(18)19/h2-3,5-6,9-11,17H,4,7-8H2,1H3. The molecule has 1 N–H and O–H groups in total. The number of carbonyl (C=O) groups is 1. The van der Waals surface area contributed by atoms with Gasteiger partial charge >= 0.3 is 0 Å². The molecule has 0 spiro atoms. The number of nitrogens with one attached hydrogen (secondary N) is 1. The van der Waals surface area contributed by atoms with E-state index < -0.39 is 0 Å². The number of hydrogen-bond donors (Lipinski definition) is 1. The second kappa shape index (κ2) is 5.63. The van der Waals surface area contributed by atoms with Crippen LogP contribution in [0, 0.1) is 0 Å². The molecule has 1 aliphatic heterocycles. The summed E-state index contributed by atoms with van der Waals surface area (Å²) < 4.78 is 0. The maximum atomic E-state index is 11.9. The minimum atomic E-state index is 0.125. The summed E-state index contributed by atoms with van der Waals surface area (Å²) in [5.41, 5.74) is 4.82. The van der Waals surface area contributed by atoms with Crippen LogP contribution >= 0.6 is 11.3 Å². The summed E-state index contributed by atoms with van der Waals surface area (Å²) in [5.74, 6) is 0.209. The van der Waals surface area contributed by atoms with Crippen LogP contribution in [-0.4, -0.2) is 17.4 Å². The van der Waals surface area contributed by atoms with Crippen molar-refractivity contribution in [2.75, 3.05) is 16.8 Å². The van der Waals surface area contributed by atoms with Gasteiger partial charge in [0.2, 0.25) is 5.91 Å². The van der Waals surface area contributed by atoms with Crippen molar-refractivity contribution >= 4 is 28.6 Å². The highest BCUT2D eigenvalue weighted by Crippen LogP contribution is 2.31. The van der Waals surface area contributed by atoms with Crippen molar-refractivity contribution in [2.45, 2.75) is 25.8 Å². The molecule has 2 heterocycles. The molecule has 1 atom stereocenters. The van der Waals surface area contributed by atoms with Crippen LogP contribution in [-0.2, 0) is 4.79 Å². The van der Waals surface area contributed by atoms with Gasteiger partial charge in [-0.1, -0.05) is 12.1 Å². The van der Waals surface area contributed by atoms with Gasteiger partial charge in [0, 0.05) is 18.3 Å². The predicted octanol–water partition coefficient (Wildman–Crippen LogP) is 3.44. The zero-order valence-electron chi connectivity index (χ0n) is 11.4. The average molecular weight is 287 g/mol.